The molecule has 2 rings (SSSR count). The number of rotatable bonds is 3. The van der Waals surface area contributed by atoms with Crippen LogP contribution in [0, 0.1) is 6.92 Å². The van der Waals surface area contributed by atoms with Gasteiger partial charge < -0.3 is 5.11 Å². The van der Waals surface area contributed by atoms with Gasteiger partial charge in [0.25, 0.3) is 0 Å². The smallest absolute Gasteiger partial charge is 0.315 e. The third-order valence-electron chi connectivity index (χ3n) is 3.05. The standard InChI is InChI=1S/C14H15NO2S/c1-9-6-4-5-7-10(9)12-15-11(8-18-12)14(2,3)13(16)17/h4-8H,1-3H3,(H,16,17). The lowest BCUT2D eigenvalue weighted by Gasteiger charge is -2.15. The zero-order chi connectivity index (χ0) is 13.3. The van der Waals surface area contributed by atoms with Crippen LogP contribution in [0.25, 0.3) is 10.6 Å². The Kier molecular flexibility index (Phi) is 3.22. The van der Waals surface area contributed by atoms with Crippen LogP contribution in [0.15, 0.2) is 29.6 Å². The van der Waals surface area contributed by atoms with E-state index < -0.39 is 11.4 Å². The van der Waals surface area contributed by atoms with Crippen molar-refractivity contribution in [1.82, 2.24) is 4.98 Å². The molecule has 18 heavy (non-hydrogen) atoms. The first-order valence-electron chi connectivity index (χ1n) is 5.68. The number of aryl methyl sites for hydroxylation is 1. The summed E-state index contributed by atoms with van der Waals surface area (Å²) in [5.74, 6) is -0.857. The van der Waals surface area contributed by atoms with Gasteiger partial charge in [0.1, 0.15) is 10.4 Å². The zero-order valence-corrected chi connectivity index (χ0v) is 11.4. The number of benzene rings is 1. The second-order valence-electron chi connectivity index (χ2n) is 4.78. The third kappa shape index (κ3) is 2.16. The fraction of sp³-hybridized carbons (Fsp3) is 0.286. The number of hydrogen-bond acceptors (Lipinski definition) is 3. The summed E-state index contributed by atoms with van der Waals surface area (Å²) in [7, 11) is 0. The van der Waals surface area contributed by atoms with Gasteiger partial charge in [0, 0.05) is 10.9 Å². The monoisotopic (exact) mass is 261 g/mol. The largest absolute Gasteiger partial charge is 0.481 e. The van der Waals surface area contributed by atoms with Crippen molar-refractivity contribution in [2.24, 2.45) is 0 Å². The predicted octanol–water partition coefficient (Wildman–Crippen LogP) is 3.48. The molecule has 3 nitrogen and oxygen atoms in total. The van der Waals surface area contributed by atoms with Gasteiger partial charge in [-0.15, -0.1) is 11.3 Å². The third-order valence-corrected chi connectivity index (χ3v) is 3.93. The van der Waals surface area contributed by atoms with Gasteiger partial charge in [0.2, 0.25) is 0 Å². The number of nitrogens with zero attached hydrogens (tertiary/aromatic N) is 1. The lowest BCUT2D eigenvalue weighted by atomic mass is 9.90. The van der Waals surface area contributed by atoms with Crippen LogP contribution in [0.4, 0.5) is 0 Å². The van der Waals surface area contributed by atoms with Crippen molar-refractivity contribution in [3.05, 3.63) is 40.9 Å². The fourth-order valence-corrected chi connectivity index (χ4v) is 2.68. The van der Waals surface area contributed by atoms with Gasteiger partial charge in [-0.1, -0.05) is 24.3 Å². The van der Waals surface area contributed by atoms with E-state index in [9.17, 15) is 9.90 Å². The summed E-state index contributed by atoms with van der Waals surface area (Å²) >= 11 is 1.49. The molecule has 0 bridgehead atoms. The molecule has 0 atom stereocenters. The Morgan fingerprint density at radius 3 is 2.61 bits per heavy atom. The lowest BCUT2D eigenvalue weighted by Crippen LogP contribution is -2.28. The number of carboxylic acids is 1. The number of hydrogen-bond donors (Lipinski definition) is 1. The van der Waals surface area contributed by atoms with Crippen LogP contribution in [0.1, 0.15) is 25.1 Å². The Balaban J connectivity index is 2.44. The van der Waals surface area contributed by atoms with Crippen molar-refractivity contribution in [2.75, 3.05) is 0 Å². The molecule has 0 amide bonds. The van der Waals surface area contributed by atoms with Gasteiger partial charge in [-0.05, 0) is 26.3 Å². The molecule has 1 aromatic carbocycles. The summed E-state index contributed by atoms with van der Waals surface area (Å²) in [5.41, 5.74) is 1.87. The Morgan fingerprint density at radius 2 is 2.00 bits per heavy atom. The predicted molar refractivity (Wildman–Crippen MR) is 72.9 cm³/mol. The molecule has 94 valence electrons. The maximum absolute atomic E-state index is 11.2. The number of carboxylic acid groups (broad SMARTS) is 1. The lowest BCUT2D eigenvalue weighted by molar-refractivity contribution is -0.142. The van der Waals surface area contributed by atoms with E-state index in [4.69, 9.17) is 0 Å². The minimum atomic E-state index is -0.947. The molecule has 0 aliphatic carbocycles. The number of carbonyl (C=O) groups is 1. The van der Waals surface area contributed by atoms with Crippen LogP contribution in [-0.4, -0.2) is 16.1 Å². The summed E-state index contributed by atoms with van der Waals surface area (Å²) in [5, 5.41) is 11.9. The highest BCUT2D eigenvalue weighted by Gasteiger charge is 2.32. The molecule has 1 aromatic heterocycles. The highest BCUT2D eigenvalue weighted by atomic mass is 32.1. The summed E-state index contributed by atoms with van der Waals surface area (Å²) < 4.78 is 0. The van der Waals surface area contributed by atoms with Crippen LogP contribution < -0.4 is 0 Å². The molecule has 4 heteroatoms. The molecule has 0 saturated heterocycles. The quantitative estimate of drug-likeness (QED) is 0.920. The van der Waals surface area contributed by atoms with E-state index in [1.54, 1.807) is 13.8 Å². The molecular formula is C14H15NO2S. The molecule has 0 radical (unpaired) electrons. The maximum atomic E-state index is 11.2. The molecule has 1 N–H and O–H groups in total. The van der Waals surface area contributed by atoms with Gasteiger partial charge in [-0.3, -0.25) is 4.79 Å². The van der Waals surface area contributed by atoms with Crippen LogP contribution in [0.3, 0.4) is 0 Å². The summed E-state index contributed by atoms with van der Waals surface area (Å²) in [6.07, 6.45) is 0. The van der Waals surface area contributed by atoms with Gasteiger partial charge in [0.05, 0.1) is 5.69 Å². The van der Waals surface area contributed by atoms with E-state index in [1.807, 2.05) is 36.6 Å². The van der Waals surface area contributed by atoms with Crippen molar-refractivity contribution in [3.8, 4) is 10.6 Å². The molecular weight excluding hydrogens is 246 g/mol. The van der Waals surface area contributed by atoms with E-state index in [1.165, 1.54) is 11.3 Å². The Bertz CT molecular complexity index is 587. The minimum Gasteiger partial charge on any atom is -0.481 e. The van der Waals surface area contributed by atoms with E-state index >= 15 is 0 Å². The fourth-order valence-electron chi connectivity index (χ4n) is 1.61. The Labute approximate surface area is 110 Å². The number of thiazole rings is 1. The first kappa shape index (κ1) is 12.8. The van der Waals surface area contributed by atoms with Crippen molar-refractivity contribution >= 4 is 17.3 Å². The summed E-state index contributed by atoms with van der Waals surface area (Å²) in [6, 6.07) is 7.98. The van der Waals surface area contributed by atoms with Gasteiger partial charge in [-0.2, -0.15) is 0 Å². The Morgan fingerprint density at radius 1 is 1.33 bits per heavy atom. The second kappa shape index (κ2) is 4.53. The van der Waals surface area contributed by atoms with E-state index in [-0.39, 0.29) is 0 Å². The van der Waals surface area contributed by atoms with E-state index in [0.717, 1.165) is 16.1 Å². The van der Waals surface area contributed by atoms with Crippen molar-refractivity contribution in [1.29, 1.82) is 0 Å². The molecule has 0 fully saturated rings. The first-order valence-corrected chi connectivity index (χ1v) is 6.56. The van der Waals surface area contributed by atoms with Crippen molar-refractivity contribution in [2.45, 2.75) is 26.2 Å². The summed E-state index contributed by atoms with van der Waals surface area (Å²) in [4.78, 5) is 15.7. The maximum Gasteiger partial charge on any atom is 0.315 e. The summed E-state index contributed by atoms with van der Waals surface area (Å²) in [6.45, 7) is 5.37. The molecule has 0 aliphatic rings. The molecule has 0 unspecified atom stereocenters. The van der Waals surface area contributed by atoms with Crippen molar-refractivity contribution in [3.63, 3.8) is 0 Å². The first-order chi connectivity index (χ1) is 8.43. The zero-order valence-electron chi connectivity index (χ0n) is 10.6. The SMILES string of the molecule is Cc1ccccc1-c1nc(C(C)(C)C(=O)O)cs1. The topological polar surface area (TPSA) is 50.2 Å². The van der Waals surface area contributed by atoms with E-state index in [0.29, 0.717) is 5.69 Å². The normalized spacial score (nSPS) is 11.5. The average Bonchev–Trinajstić information content (AvgIpc) is 2.79. The van der Waals surface area contributed by atoms with Crippen LogP contribution >= 0.6 is 11.3 Å². The molecule has 1 heterocycles. The van der Waals surface area contributed by atoms with Gasteiger partial charge >= 0.3 is 5.97 Å². The molecule has 0 aliphatic heterocycles. The van der Waals surface area contributed by atoms with Crippen molar-refractivity contribution < 1.29 is 9.90 Å². The average molecular weight is 261 g/mol. The highest BCUT2D eigenvalue weighted by Crippen LogP contribution is 2.31. The molecule has 0 saturated carbocycles. The van der Waals surface area contributed by atoms with Crippen LogP contribution in [0.5, 0.6) is 0 Å². The Hall–Kier alpha value is -1.68. The highest BCUT2D eigenvalue weighted by molar-refractivity contribution is 7.13. The number of aliphatic carboxylic acids is 1. The van der Waals surface area contributed by atoms with Crippen LogP contribution in [-0.2, 0) is 10.2 Å². The second-order valence-corrected chi connectivity index (χ2v) is 5.64. The minimum absolute atomic E-state index is 0.609. The molecule has 2 aromatic rings. The van der Waals surface area contributed by atoms with E-state index in [2.05, 4.69) is 4.98 Å². The van der Waals surface area contributed by atoms with Gasteiger partial charge in [0.15, 0.2) is 0 Å². The van der Waals surface area contributed by atoms with Crippen LogP contribution in [0.2, 0.25) is 0 Å². The van der Waals surface area contributed by atoms with Gasteiger partial charge in [-0.25, -0.2) is 4.98 Å². The molecule has 0 spiro atoms. The number of aromatic nitrogens is 1.